The molecule has 0 aliphatic carbocycles. The second kappa shape index (κ2) is 11.6. The number of anilines is 1. The number of hydrogen-bond acceptors (Lipinski definition) is 5. The summed E-state index contributed by atoms with van der Waals surface area (Å²) >= 11 is 0. The summed E-state index contributed by atoms with van der Waals surface area (Å²) in [7, 11) is 0. The molecule has 0 saturated carbocycles. The van der Waals surface area contributed by atoms with Gasteiger partial charge in [-0.2, -0.15) is 0 Å². The predicted octanol–water partition coefficient (Wildman–Crippen LogP) is 4.12. The van der Waals surface area contributed by atoms with Crippen LogP contribution < -0.4 is 10.6 Å². The Morgan fingerprint density at radius 2 is 1.64 bits per heavy atom. The van der Waals surface area contributed by atoms with Crippen LogP contribution in [0, 0.1) is 6.92 Å². The van der Waals surface area contributed by atoms with Gasteiger partial charge in [0.25, 0.3) is 11.8 Å². The van der Waals surface area contributed by atoms with E-state index in [1.54, 1.807) is 79.1 Å². The average molecular weight is 483 g/mol. The molecule has 2 aromatic carbocycles. The van der Waals surface area contributed by atoms with Crippen molar-refractivity contribution in [2.75, 3.05) is 11.9 Å². The fraction of sp³-hybridized carbons (Fsp3) is 0.143. The fourth-order valence-corrected chi connectivity index (χ4v) is 3.71. The third-order valence-corrected chi connectivity index (χ3v) is 5.56. The van der Waals surface area contributed by atoms with Crippen LogP contribution in [-0.4, -0.2) is 34.2 Å². The Balaban J connectivity index is 1.62. The molecule has 0 spiro atoms. The smallest absolute Gasteiger partial charge is 0.251 e. The van der Waals surface area contributed by atoms with E-state index >= 15 is 0 Å². The molecule has 0 radical (unpaired) electrons. The molecule has 3 amide bonds. The Hall–Kier alpha value is -4.72. The van der Waals surface area contributed by atoms with Gasteiger partial charge in [-0.1, -0.05) is 35.9 Å². The minimum atomic E-state index is -1.000. The monoisotopic (exact) mass is 482 g/mol. The molecule has 1 atom stereocenters. The molecule has 4 aromatic rings. The SMILES string of the molecule is Cc1ccc(NC(=O)[C@H](c2ccncc2)N(Cc2ccco2)C(=O)CNC(=O)c2ccccc2)cc1. The topological polar surface area (TPSA) is 105 Å². The van der Waals surface area contributed by atoms with Gasteiger partial charge >= 0.3 is 0 Å². The van der Waals surface area contributed by atoms with Gasteiger partial charge in [0.15, 0.2) is 0 Å². The van der Waals surface area contributed by atoms with Crippen LogP contribution >= 0.6 is 0 Å². The van der Waals surface area contributed by atoms with Crippen molar-refractivity contribution in [3.63, 3.8) is 0 Å². The summed E-state index contributed by atoms with van der Waals surface area (Å²) in [4.78, 5) is 45.1. The summed E-state index contributed by atoms with van der Waals surface area (Å²) in [6.45, 7) is 1.69. The molecular formula is C28H26N4O4. The number of amides is 3. The number of carbonyl (C=O) groups excluding carboxylic acids is 3. The van der Waals surface area contributed by atoms with E-state index in [2.05, 4.69) is 15.6 Å². The van der Waals surface area contributed by atoms with E-state index in [9.17, 15) is 14.4 Å². The van der Waals surface area contributed by atoms with Gasteiger partial charge in [0.05, 0.1) is 19.4 Å². The molecule has 0 bridgehead atoms. The van der Waals surface area contributed by atoms with Gasteiger partial charge in [0, 0.05) is 23.6 Å². The summed E-state index contributed by atoms with van der Waals surface area (Å²) in [5.41, 5.74) is 2.67. The number of aryl methyl sites for hydroxylation is 1. The van der Waals surface area contributed by atoms with Crippen molar-refractivity contribution in [1.29, 1.82) is 0 Å². The maximum Gasteiger partial charge on any atom is 0.251 e. The van der Waals surface area contributed by atoms with Crippen LogP contribution in [0.2, 0.25) is 0 Å². The molecule has 4 rings (SSSR count). The van der Waals surface area contributed by atoms with E-state index in [4.69, 9.17) is 4.42 Å². The molecule has 0 aliphatic rings. The lowest BCUT2D eigenvalue weighted by Crippen LogP contribution is -2.45. The van der Waals surface area contributed by atoms with E-state index in [1.807, 2.05) is 19.1 Å². The van der Waals surface area contributed by atoms with Crippen molar-refractivity contribution in [2.45, 2.75) is 19.5 Å². The third-order valence-electron chi connectivity index (χ3n) is 5.56. The van der Waals surface area contributed by atoms with Gasteiger partial charge in [-0.25, -0.2) is 0 Å². The number of benzene rings is 2. The first-order valence-electron chi connectivity index (χ1n) is 11.4. The van der Waals surface area contributed by atoms with Gasteiger partial charge < -0.3 is 20.0 Å². The first-order chi connectivity index (χ1) is 17.5. The zero-order valence-corrected chi connectivity index (χ0v) is 19.8. The largest absolute Gasteiger partial charge is 0.467 e. The normalized spacial score (nSPS) is 11.4. The van der Waals surface area contributed by atoms with Crippen LogP contribution in [0.3, 0.4) is 0 Å². The predicted molar refractivity (Wildman–Crippen MR) is 135 cm³/mol. The van der Waals surface area contributed by atoms with Crippen molar-refractivity contribution in [3.8, 4) is 0 Å². The molecule has 0 aliphatic heterocycles. The highest BCUT2D eigenvalue weighted by Gasteiger charge is 2.32. The van der Waals surface area contributed by atoms with Crippen LogP contribution in [-0.2, 0) is 16.1 Å². The summed E-state index contributed by atoms with van der Waals surface area (Å²) < 4.78 is 5.48. The quantitative estimate of drug-likeness (QED) is 0.373. The molecule has 8 heteroatoms. The number of rotatable bonds is 9. The zero-order valence-electron chi connectivity index (χ0n) is 19.8. The molecule has 182 valence electrons. The maximum absolute atomic E-state index is 13.6. The highest BCUT2D eigenvalue weighted by Crippen LogP contribution is 2.25. The van der Waals surface area contributed by atoms with Crippen molar-refractivity contribution in [3.05, 3.63) is 120 Å². The Morgan fingerprint density at radius 1 is 0.917 bits per heavy atom. The second-order valence-corrected chi connectivity index (χ2v) is 8.19. The lowest BCUT2D eigenvalue weighted by atomic mass is 10.0. The highest BCUT2D eigenvalue weighted by atomic mass is 16.3. The van der Waals surface area contributed by atoms with Gasteiger partial charge in [-0.05, 0) is 61.0 Å². The summed E-state index contributed by atoms with van der Waals surface area (Å²) in [5, 5.41) is 5.56. The number of nitrogens with zero attached hydrogens (tertiary/aromatic N) is 2. The molecule has 2 aromatic heterocycles. The Labute approximate surface area is 209 Å². The Morgan fingerprint density at radius 3 is 2.31 bits per heavy atom. The average Bonchev–Trinajstić information content (AvgIpc) is 3.42. The lowest BCUT2D eigenvalue weighted by molar-refractivity contribution is -0.139. The van der Waals surface area contributed by atoms with Gasteiger partial charge in [0.2, 0.25) is 5.91 Å². The maximum atomic E-state index is 13.6. The number of aromatic nitrogens is 1. The fourth-order valence-electron chi connectivity index (χ4n) is 3.71. The van der Waals surface area contributed by atoms with E-state index in [-0.39, 0.29) is 19.0 Å². The molecule has 36 heavy (non-hydrogen) atoms. The van der Waals surface area contributed by atoms with Crippen LogP contribution in [0.25, 0.3) is 0 Å². The first-order valence-corrected chi connectivity index (χ1v) is 11.4. The Kier molecular flexibility index (Phi) is 7.87. The first kappa shape index (κ1) is 24.4. The second-order valence-electron chi connectivity index (χ2n) is 8.19. The van der Waals surface area contributed by atoms with E-state index < -0.39 is 17.9 Å². The third kappa shape index (κ3) is 6.24. The van der Waals surface area contributed by atoms with Gasteiger partial charge in [0.1, 0.15) is 11.8 Å². The molecule has 0 saturated heterocycles. The van der Waals surface area contributed by atoms with Crippen molar-refractivity contribution >= 4 is 23.4 Å². The van der Waals surface area contributed by atoms with Crippen LogP contribution in [0.5, 0.6) is 0 Å². The van der Waals surface area contributed by atoms with Crippen molar-refractivity contribution in [1.82, 2.24) is 15.2 Å². The number of nitrogens with one attached hydrogen (secondary N) is 2. The van der Waals surface area contributed by atoms with Crippen LogP contribution in [0.4, 0.5) is 5.69 Å². The van der Waals surface area contributed by atoms with Crippen LogP contribution in [0.1, 0.15) is 33.3 Å². The molecule has 2 N–H and O–H groups in total. The molecule has 8 nitrogen and oxygen atoms in total. The highest BCUT2D eigenvalue weighted by molar-refractivity contribution is 5.99. The Bertz CT molecular complexity index is 1290. The number of pyridine rings is 1. The molecule has 0 unspecified atom stereocenters. The van der Waals surface area contributed by atoms with E-state index in [1.165, 1.54) is 11.2 Å². The number of furan rings is 1. The summed E-state index contributed by atoms with van der Waals surface area (Å²) in [5.74, 6) is -0.734. The summed E-state index contributed by atoms with van der Waals surface area (Å²) in [6.07, 6.45) is 4.63. The lowest BCUT2D eigenvalue weighted by Gasteiger charge is -2.31. The number of hydrogen-bond donors (Lipinski definition) is 2. The van der Waals surface area contributed by atoms with E-state index in [0.717, 1.165) is 5.56 Å². The minimum Gasteiger partial charge on any atom is -0.467 e. The zero-order chi connectivity index (χ0) is 25.3. The molecular weight excluding hydrogens is 456 g/mol. The summed E-state index contributed by atoms with van der Waals surface area (Å²) in [6, 6.07) is 21.8. The van der Waals surface area contributed by atoms with Crippen LogP contribution in [0.15, 0.2) is 102 Å². The number of carbonyl (C=O) groups is 3. The molecule has 2 heterocycles. The van der Waals surface area contributed by atoms with Crippen molar-refractivity contribution < 1.29 is 18.8 Å². The van der Waals surface area contributed by atoms with Gasteiger partial charge in [-0.3, -0.25) is 19.4 Å². The molecule has 0 fully saturated rings. The standard InChI is InChI=1S/C28H26N4O4/c1-20-9-11-23(12-10-20)31-28(35)26(21-13-15-29-16-14-21)32(19-24-8-5-17-36-24)25(33)18-30-27(34)22-6-3-2-4-7-22/h2-17,26H,18-19H2,1H3,(H,30,34)(H,31,35)/t26-/m0/s1. The van der Waals surface area contributed by atoms with Crippen molar-refractivity contribution in [2.24, 2.45) is 0 Å². The van der Waals surface area contributed by atoms with E-state index in [0.29, 0.717) is 22.6 Å². The van der Waals surface area contributed by atoms with Gasteiger partial charge in [-0.15, -0.1) is 0 Å². The minimum absolute atomic E-state index is 0.0291.